The van der Waals surface area contributed by atoms with Crippen LogP contribution >= 0.6 is 0 Å². The number of carbonyl (C=O) groups is 1. The normalized spacial score (nSPS) is 20.7. The van der Waals surface area contributed by atoms with E-state index < -0.39 is 0 Å². The Hall–Kier alpha value is -1.83. The molecule has 0 saturated heterocycles. The van der Waals surface area contributed by atoms with Gasteiger partial charge < -0.3 is 5.32 Å². The van der Waals surface area contributed by atoms with E-state index in [1.54, 1.807) is 0 Å². The van der Waals surface area contributed by atoms with Gasteiger partial charge >= 0.3 is 0 Å². The van der Waals surface area contributed by atoms with Crippen LogP contribution in [0.2, 0.25) is 0 Å². The van der Waals surface area contributed by atoms with Gasteiger partial charge in [0.1, 0.15) is 0 Å². The largest absolute Gasteiger partial charge is 0.346 e. The van der Waals surface area contributed by atoms with Gasteiger partial charge in [0, 0.05) is 5.92 Å². The van der Waals surface area contributed by atoms with Crippen LogP contribution in [0.1, 0.15) is 50.5 Å². The lowest BCUT2D eigenvalue weighted by Crippen LogP contribution is -2.39. The van der Waals surface area contributed by atoms with Crippen LogP contribution in [0.5, 0.6) is 0 Å². The molecule has 2 heteroatoms. The minimum Gasteiger partial charge on any atom is -0.346 e. The van der Waals surface area contributed by atoms with E-state index in [-0.39, 0.29) is 17.4 Å². The lowest BCUT2D eigenvalue weighted by molar-refractivity contribution is -0.127. The van der Waals surface area contributed by atoms with Crippen LogP contribution < -0.4 is 5.32 Å². The zero-order valence-electron chi connectivity index (χ0n) is 13.0. The average molecular weight is 293 g/mol. The Morgan fingerprint density at radius 3 is 2.45 bits per heavy atom. The molecule has 1 amide bonds. The lowest BCUT2D eigenvalue weighted by Gasteiger charge is -2.26. The molecule has 0 spiro atoms. The number of rotatable bonds is 3. The molecule has 0 heterocycles. The zero-order valence-corrected chi connectivity index (χ0v) is 13.0. The van der Waals surface area contributed by atoms with Gasteiger partial charge in [0.25, 0.3) is 0 Å². The Labute approximate surface area is 131 Å². The van der Waals surface area contributed by atoms with Gasteiger partial charge in [-0.1, -0.05) is 61.7 Å². The molecular weight excluding hydrogens is 270 g/mol. The van der Waals surface area contributed by atoms with Crippen molar-refractivity contribution in [3.63, 3.8) is 0 Å². The topological polar surface area (TPSA) is 29.1 Å². The Morgan fingerprint density at radius 1 is 0.955 bits per heavy atom. The molecule has 22 heavy (non-hydrogen) atoms. The molecule has 2 aliphatic rings. The van der Waals surface area contributed by atoms with E-state index in [0.29, 0.717) is 0 Å². The molecule has 0 aromatic heterocycles. The maximum Gasteiger partial charge on any atom is 0.223 e. The summed E-state index contributed by atoms with van der Waals surface area (Å²) < 4.78 is 0. The van der Waals surface area contributed by atoms with E-state index in [9.17, 15) is 4.79 Å². The number of nitrogens with one attached hydrogen (secondary N) is 1. The standard InChI is InChI=1S/C20H23NO/c22-19(16-8-2-1-3-9-16)21-20(13-14-20)18-12-6-10-15-7-4-5-11-17(15)18/h4-7,10-12,16H,1-3,8-9,13-14H2,(H,21,22). The molecule has 2 aromatic rings. The molecule has 2 aromatic carbocycles. The third-order valence-corrected chi connectivity index (χ3v) is 5.39. The zero-order chi connectivity index (χ0) is 15.0. The van der Waals surface area contributed by atoms with Crippen molar-refractivity contribution >= 4 is 16.7 Å². The van der Waals surface area contributed by atoms with Gasteiger partial charge in [-0.3, -0.25) is 4.79 Å². The van der Waals surface area contributed by atoms with Crippen LogP contribution in [0.15, 0.2) is 42.5 Å². The maximum absolute atomic E-state index is 12.7. The van der Waals surface area contributed by atoms with Gasteiger partial charge in [0.15, 0.2) is 0 Å². The van der Waals surface area contributed by atoms with E-state index in [0.717, 1.165) is 25.7 Å². The van der Waals surface area contributed by atoms with Crippen LogP contribution in [0, 0.1) is 5.92 Å². The van der Waals surface area contributed by atoms with Crippen LogP contribution in [-0.4, -0.2) is 5.91 Å². The quantitative estimate of drug-likeness (QED) is 0.885. The Kier molecular flexibility index (Phi) is 3.40. The Bertz CT molecular complexity index is 690. The van der Waals surface area contributed by atoms with Crippen molar-refractivity contribution in [3.05, 3.63) is 48.0 Å². The minimum absolute atomic E-state index is 0.102. The molecule has 2 fully saturated rings. The summed E-state index contributed by atoms with van der Waals surface area (Å²) in [6.07, 6.45) is 7.98. The maximum atomic E-state index is 12.7. The van der Waals surface area contributed by atoms with E-state index in [1.165, 1.54) is 35.6 Å². The van der Waals surface area contributed by atoms with Crippen molar-refractivity contribution in [1.29, 1.82) is 0 Å². The third-order valence-electron chi connectivity index (χ3n) is 5.39. The molecule has 0 unspecified atom stereocenters. The van der Waals surface area contributed by atoms with Crippen molar-refractivity contribution in [2.24, 2.45) is 5.92 Å². The van der Waals surface area contributed by atoms with Crippen LogP contribution in [0.25, 0.3) is 10.8 Å². The molecular formula is C20H23NO. The first kappa shape index (κ1) is 13.8. The highest BCUT2D eigenvalue weighted by Crippen LogP contribution is 2.48. The number of hydrogen-bond acceptors (Lipinski definition) is 1. The number of fused-ring (bicyclic) bond motifs is 1. The summed E-state index contributed by atoms with van der Waals surface area (Å²) in [4.78, 5) is 12.7. The molecule has 114 valence electrons. The Morgan fingerprint density at radius 2 is 1.68 bits per heavy atom. The van der Waals surface area contributed by atoms with Crippen LogP contribution in [-0.2, 0) is 10.3 Å². The minimum atomic E-state index is -0.102. The predicted octanol–water partition coefficient (Wildman–Crippen LogP) is 4.53. The summed E-state index contributed by atoms with van der Waals surface area (Å²) in [7, 11) is 0. The highest BCUT2D eigenvalue weighted by Gasteiger charge is 2.47. The van der Waals surface area contributed by atoms with Gasteiger partial charge in [-0.05, 0) is 42.0 Å². The fourth-order valence-corrected chi connectivity index (χ4v) is 3.93. The average Bonchev–Trinajstić information content (AvgIpc) is 3.35. The smallest absolute Gasteiger partial charge is 0.223 e. The molecule has 2 nitrogen and oxygen atoms in total. The Balaban J connectivity index is 1.61. The molecule has 0 radical (unpaired) electrons. The van der Waals surface area contributed by atoms with Crippen molar-refractivity contribution in [2.75, 3.05) is 0 Å². The van der Waals surface area contributed by atoms with Gasteiger partial charge in [0.05, 0.1) is 5.54 Å². The molecule has 0 aliphatic heterocycles. The van der Waals surface area contributed by atoms with Crippen molar-refractivity contribution in [1.82, 2.24) is 5.32 Å². The molecule has 2 saturated carbocycles. The molecule has 0 bridgehead atoms. The lowest BCUT2D eigenvalue weighted by atomic mass is 9.88. The number of carbonyl (C=O) groups excluding carboxylic acids is 1. The second-order valence-corrected chi connectivity index (χ2v) is 6.93. The number of amides is 1. The summed E-state index contributed by atoms with van der Waals surface area (Å²) in [5.41, 5.74) is 1.20. The highest BCUT2D eigenvalue weighted by atomic mass is 16.2. The molecule has 2 aliphatic carbocycles. The van der Waals surface area contributed by atoms with E-state index >= 15 is 0 Å². The first-order valence-corrected chi connectivity index (χ1v) is 8.59. The van der Waals surface area contributed by atoms with Crippen LogP contribution in [0.3, 0.4) is 0 Å². The SMILES string of the molecule is O=C(NC1(c2cccc3ccccc23)CC1)C1CCCCC1. The van der Waals surface area contributed by atoms with Gasteiger partial charge in [-0.25, -0.2) is 0 Å². The van der Waals surface area contributed by atoms with Gasteiger partial charge in [-0.2, -0.15) is 0 Å². The van der Waals surface area contributed by atoms with Crippen molar-refractivity contribution in [2.45, 2.75) is 50.5 Å². The summed E-state index contributed by atoms with van der Waals surface area (Å²) in [6, 6.07) is 14.9. The van der Waals surface area contributed by atoms with Crippen molar-refractivity contribution in [3.8, 4) is 0 Å². The fourth-order valence-electron chi connectivity index (χ4n) is 3.93. The fraction of sp³-hybridized carbons (Fsp3) is 0.450. The van der Waals surface area contributed by atoms with Gasteiger partial charge in [-0.15, -0.1) is 0 Å². The second kappa shape index (κ2) is 5.42. The monoisotopic (exact) mass is 293 g/mol. The number of benzene rings is 2. The summed E-state index contributed by atoms with van der Waals surface area (Å²) >= 11 is 0. The highest BCUT2D eigenvalue weighted by molar-refractivity contribution is 5.88. The van der Waals surface area contributed by atoms with Crippen molar-refractivity contribution < 1.29 is 4.79 Å². The number of hydrogen-bond donors (Lipinski definition) is 1. The summed E-state index contributed by atoms with van der Waals surface area (Å²) in [5, 5.41) is 5.95. The van der Waals surface area contributed by atoms with Gasteiger partial charge in [0.2, 0.25) is 5.91 Å². The summed E-state index contributed by atoms with van der Waals surface area (Å²) in [6.45, 7) is 0. The molecule has 1 N–H and O–H groups in total. The first-order chi connectivity index (χ1) is 10.8. The predicted molar refractivity (Wildman–Crippen MR) is 89.6 cm³/mol. The first-order valence-electron chi connectivity index (χ1n) is 8.59. The van der Waals surface area contributed by atoms with E-state index in [4.69, 9.17) is 0 Å². The third kappa shape index (κ3) is 2.41. The second-order valence-electron chi connectivity index (χ2n) is 6.93. The van der Waals surface area contributed by atoms with Crippen LogP contribution in [0.4, 0.5) is 0 Å². The summed E-state index contributed by atoms with van der Waals surface area (Å²) in [5.74, 6) is 0.520. The molecule has 0 atom stereocenters. The van der Waals surface area contributed by atoms with E-state index in [1.807, 2.05) is 0 Å². The van der Waals surface area contributed by atoms with E-state index in [2.05, 4.69) is 47.8 Å². The molecule has 4 rings (SSSR count).